The maximum Gasteiger partial charge on any atom is 0.323 e. The van der Waals surface area contributed by atoms with E-state index in [2.05, 4.69) is 11.9 Å². The lowest BCUT2D eigenvalue weighted by Gasteiger charge is -2.51. The van der Waals surface area contributed by atoms with Crippen LogP contribution in [-0.2, 0) is 4.74 Å². The minimum Gasteiger partial charge on any atom is -0.396 e. The predicted octanol–water partition coefficient (Wildman–Crippen LogP) is 0.258. The molecule has 0 saturated carbocycles. The van der Waals surface area contributed by atoms with Crippen LogP contribution in [0.25, 0.3) is 0 Å². The number of urea groups is 1. The number of ether oxygens (including phenoxy) is 1. The second kappa shape index (κ2) is 4.37. The Balaban J connectivity index is 1.80. The van der Waals surface area contributed by atoms with Crippen molar-refractivity contribution in [3.05, 3.63) is 12.3 Å². The summed E-state index contributed by atoms with van der Waals surface area (Å²) in [6, 6.07) is -0.265. The highest BCUT2D eigenvalue weighted by atomic mass is 16.5. The van der Waals surface area contributed by atoms with E-state index >= 15 is 0 Å². The van der Waals surface area contributed by atoms with Crippen LogP contribution in [0.4, 0.5) is 4.79 Å². The van der Waals surface area contributed by atoms with Crippen LogP contribution in [0.2, 0.25) is 0 Å². The van der Waals surface area contributed by atoms with Gasteiger partial charge in [-0.3, -0.25) is 10.7 Å². The molecule has 2 aliphatic heterocycles. The number of carbonyl (C=O) groups is 1. The van der Waals surface area contributed by atoms with E-state index in [0.717, 1.165) is 39.1 Å². The van der Waals surface area contributed by atoms with Gasteiger partial charge in [-0.05, 0) is 12.8 Å². The van der Waals surface area contributed by atoms with Gasteiger partial charge < -0.3 is 15.4 Å². The molecule has 6 nitrogen and oxygen atoms in total. The number of nitrogens with zero attached hydrogens (tertiary/aromatic N) is 1. The lowest BCUT2D eigenvalue weighted by atomic mass is 9.73. The van der Waals surface area contributed by atoms with E-state index in [-0.39, 0.29) is 23.0 Å². The van der Waals surface area contributed by atoms with Crippen LogP contribution >= 0.6 is 0 Å². The first-order chi connectivity index (χ1) is 8.02. The van der Waals surface area contributed by atoms with Crippen molar-refractivity contribution in [3.8, 4) is 0 Å². The minimum atomic E-state index is -0.265. The minimum absolute atomic E-state index is 0.0691. The van der Waals surface area contributed by atoms with Crippen LogP contribution < -0.4 is 11.1 Å². The van der Waals surface area contributed by atoms with Crippen molar-refractivity contribution in [1.82, 2.24) is 10.2 Å². The smallest absolute Gasteiger partial charge is 0.323 e. The highest BCUT2D eigenvalue weighted by molar-refractivity contribution is 6.04. The van der Waals surface area contributed by atoms with Gasteiger partial charge in [-0.25, -0.2) is 4.79 Å². The molecule has 2 saturated heterocycles. The number of hydrogen-bond acceptors (Lipinski definition) is 4. The zero-order chi connectivity index (χ0) is 12.5. The summed E-state index contributed by atoms with van der Waals surface area (Å²) in [6.45, 7) is 6.45. The molecule has 0 aliphatic carbocycles. The van der Waals surface area contributed by atoms with Crippen molar-refractivity contribution >= 4 is 11.9 Å². The summed E-state index contributed by atoms with van der Waals surface area (Å²) < 4.78 is 5.31. The summed E-state index contributed by atoms with van der Waals surface area (Å²) in [5, 5.41) is 9.82. The van der Waals surface area contributed by atoms with E-state index in [4.69, 9.17) is 15.9 Å². The molecule has 0 aromatic rings. The molecule has 2 rings (SSSR count). The standard InChI is InChI=1S/C11H18N4O2/c1-8(12)9(13)14-10(16)15-6-11(7-15)2-4-17-5-3-11/h1-7,12H2,(H2,13,14,16). The molecule has 2 fully saturated rings. The van der Waals surface area contributed by atoms with Gasteiger partial charge in [0.2, 0.25) is 0 Å². The number of likely N-dealkylation sites (tertiary alicyclic amines) is 1. The second-order valence-electron chi connectivity index (χ2n) is 4.80. The fourth-order valence-electron chi connectivity index (χ4n) is 2.29. The van der Waals surface area contributed by atoms with Crippen LogP contribution in [0.3, 0.4) is 0 Å². The lowest BCUT2D eigenvalue weighted by molar-refractivity contribution is -0.0609. The van der Waals surface area contributed by atoms with E-state index in [0.29, 0.717) is 0 Å². The van der Waals surface area contributed by atoms with Gasteiger partial charge in [0.05, 0.1) is 5.70 Å². The van der Waals surface area contributed by atoms with Crippen molar-refractivity contribution in [3.63, 3.8) is 0 Å². The molecular weight excluding hydrogens is 220 g/mol. The Morgan fingerprint density at radius 2 is 2.00 bits per heavy atom. The lowest BCUT2D eigenvalue weighted by Crippen LogP contribution is -2.62. The Labute approximate surface area is 100 Å². The zero-order valence-electron chi connectivity index (χ0n) is 9.79. The highest BCUT2D eigenvalue weighted by Gasteiger charge is 2.45. The summed E-state index contributed by atoms with van der Waals surface area (Å²) >= 11 is 0. The Bertz CT molecular complexity index is 352. The van der Waals surface area contributed by atoms with Gasteiger partial charge >= 0.3 is 6.03 Å². The van der Waals surface area contributed by atoms with Crippen molar-refractivity contribution in [2.45, 2.75) is 12.8 Å². The Morgan fingerprint density at radius 3 is 2.53 bits per heavy atom. The average molecular weight is 238 g/mol. The monoisotopic (exact) mass is 238 g/mol. The molecule has 2 aliphatic rings. The summed E-state index contributed by atoms with van der Waals surface area (Å²) in [6.07, 6.45) is 2.02. The Morgan fingerprint density at radius 1 is 1.41 bits per heavy atom. The van der Waals surface area contributed by atoms with Gasteiger partial charge in [-0.15, -0.1) is 0 Å². The normalized spacial score (nSPS) is 21.8. The van der Waals surface area contributed by atoms with Crippen LogP contribution in [0.1, 0.15) is 12.8 Å². The van der Waals surface area contributed by atoms with Crippen LogP contribution in [0.5, 0.6) is 0 Å². The van der Waals surface area contributed by atoms with Crippen LogP contribution in [0.15, 0.2) is 12.3 Å². The van der Waals surface area contributed by atoms with Crippen molar-refractivity contribution in [2.75, 3.05) is 26.3 Å². The topological polar surface area (TPSA) is 91.4 Å². The van der Waals surface area contributed by atoms with Crippen molar-refractivity contribution in [1.29, 1.82) is 5.41 Å². The molecule has 1 spiro atoms. The predicted molar refractivity (Wildman–Crippen MR) is 63.6 cm³/mol. The fourth-order valence-corrected chi connectivity index (χ4v) is 2.29. The molecule has 17 heavy (non-hydrogen) atoms. The maximum atomic E-state index is 11.7. The van der Waals surface area contributed by atoms with Gasteiger partial charge in [0.25, 0.3) is 0 Å². The first kappa shape index (κ1) is 11.9. The molecule has 2 amide bonds. The summed E-state index contributed by atoms with van der Waals surface area (Å²) in [5.41, 5.74) is 5.63. The highest BCUT2D eigenvalue weighted by Crippen LogP contribution is 2.39. The molecule has 2 heterocycles. The quantitative estimate of drug-likeness (QED) is 0.452. The summed E-state index contributed by atoms with van der Waals surface area (Å²) in [4.78, 5) is 13.4. The van der Waals surface area contributed by atoms with E-state index in [1.165, 1.54) is 0 Å². The summed E-state index contributed by atoms with van der Waals surface area (Å²) in [7, 11) is 0. The zero-order valence-corrected chi connectivity index (χ0v) is 9.79. The number of nitrogens with one attached hydrogen (secondary N) is 2. The average Bonchev–Trinajstić information content (AvgIpc) is 2.26. The van der Waals surface area contributed by atoms with Crippen molar-refractivity contribution < 1.29 is 9.53 Å². The third-order valence-electron chi connectivity index (χ3n) is 3.45. The first-order valence-electron chi connectivity index (χ1n) is 5.69. The van der Waals surface area contributed by atoms with Gasteiger partial charge in [-0.1, -0.05) is 6.58 Å². The number of rotatable bonds is 1. The van der Waals surface area contributed by atoms with Gasteiger partial charge in [0, 0.05) is 31.7 Å². The van der Waals surface area contributed by atoms with Gasteiger partial charge in [0.15, 0.2) is 0 Å². The van der Waals surface area contributed by atoms with E-state index < -0.39 is 0 Å². The third-order valence-corrected chi connectivity index (χ3v) is 3.45. The van der Waals surface area contributed by atoms with Crippen LogP contribution in [-0.4, -0.2) is 43.1 Å². The Hall–Kier alpha value is -1.56. The van der Waals surface area contributed by atoms with Gasteiger partial charge in [0.1, 0.15) is 5.84 Å². The SMILES string of the molecule is C=C(N)C(=N)NC(=O)N1CC2(CCOCC2)C1. The first-order valence-corrected chi connectivity index (χ1v) is 5.69. The number of hydrogen-bond donors (Lipinski definition) is 3. The Kier molecular flexibility index (Phi) is 3.06. The number of amides is 2. The van der Waals surface area contributed by atoms with E-state index in [1.54, 1.807) is 4.90 Å². The molecule has 0 aromatic carbocycles. The third kappa shape index (κ3) is 2.41. The molecular formula is C11H18N4O2. The van der Waals surface area contributed by atoms with E-state index in [1.807, 2.05) is 0 Å². The molecule has 6 heteroatoms. The molecule has 0 atom stereocenters. The molecule has 0 aromatic heterocycles. The largest absolute Gasteiger partial charge is 0.396 e. The molecule has 94 valence electrons. The van der Waals surface area contributed by atoms with Crippen LogP contribution in [0, 0.1) is 10.8 Å². The fraction of sp³-hybridized carbons (Fsp3) is 0.636. The maximum absolute atomic E-state index is 11.7. The second-order valence-corrected chi connectivity index (χ2v) is 4.80. The molecule has 0 unspecified atom stereocenters. The number of amidine groups is 1. The summed E-state index contributed by atoms with van der Waals surface area (Å²) in [5.74, 6) is -0.122. The number of nitrogens with two attached hydrogens (primary N) is 1. The molecule has 4 N–H and O–H groups in total. The van der Waals surface area contributed by atoms with Crippen molar-refractivity contribution in [2.24, 2.45) is 11.1 Å². The van der Waals surface area contributed by atoms with Gasteiger partial charge in [-0.2, -0.15) is 0 Å². The molecule has 0 bridgehead atoms. The number of carbonyl (C=O) groups excluding carboxylic acids is 1. The van der Waals surface area contributed by atoms with E-state index in [9.17, 15) is 4.79 Å². The molecule has 0 radical (unpaired) electrons.